The summed E-state index contributed by atoms with van der Waals surface area (Å²) in [6.45, 7) is 3.17. The molecule has 3 aromatic rings. The number of hydrogen-bond donors (Lipinski definition) is 1. The second kappa shape index (κ2) is 10.1. The molecule has 3 heterocycles. The van der Waals surface area contributed by atoms with Gasteiger partial charge in [0.2, 0.25) is 5.16 Å². The Hall–Kier alpha value is -3.25. The zero-order valence-electron chi connectivity index (χ0n) is 18.2. The lowest BCUT2D eigenvalue weighted by atomic mass is 10.2. The van der Waals surface area contributed by atoms with Gasteiger partial charge in [-0.25, -0.2) is 9.48 Å². The number of nitrogen functional groups attached to an aromatic ring is 1. The summed E-state index contributed by atoms with van der Waals surface area (Å²) in [5.74, 6) is -0.722. The van der Waals surface area contributed by atoms with Gasteiger partial charge in [0.15, 0.2) is 5.78 Å². The molecule has 1 fully saturated rings. The van der Waals surface area contributed by atoms with Crippen LogP contribution in [0.2, 0.25) is 0 Å². The lowest BCUT2D eigenvalue weighted by Gasteiger charge is -2.15. The van der Waals surface area contributed by atoms with Gasteiger partial charge in [0.25, 0.3) is 5.56 Å². The summed E-state index contributed by atoms with van der Waals surface area (Å²) in [6.07, 6.45) is 1.96. The van der Waals surface area contributed by atoms with E-state index in [-0.39, 0.29) is 36.3 Å². The SMILES string of the molecule is CCn1c(=O)c(C(=O)CSc2nnnn2CC2CCCO2)c(N)n(Cc2ccccc2)c1=O. The molecule has 1 aliphatic rings. The first-order valence-corrected chi connectivity index (χ1v) is 11.7. The van der Waals surface area contributed by atoms with E-state index in [1.54, 1.807) is 11.6 Å². The molecule has 11 nitrogen and oxygen atoms in total. The van der Waals surface area contributed by atoms with Crippen LogP contribution in [0.15, 0.2) is 45.1 Å². The molecule has 0 saturated carbocycles. The Bertz CT molecular complexity index is 1250. The van der Waals surface area contributed by atoms with Gasteiger partial charge < -0.3 is 10.5 Å². The Morgan fingerprint density at radius 3 is 2.73 bits per heavy atom. The molecule has 0 aliphatic carbocycles. The third-order valence-electron chi connectivity index (χ3n) is 5.48. The normalized spacial score (nSPS) is 15.7. The van der Waals surface area contributed by atoms with E-state index in [4.69, 9.17) is 10.5 Å². The predicted molar refractivity (Wildman–Crippen MR) is 122 cm³/mol. The van der Waals surface area contributed by atoms with Gasteiger partial charge in [0.1, 0.15) is 11.4 Å². The van der Waals surface area contributed by atoms with Crippen molar-refractivity contribution < 1.29 is 9.53 Å². The number of anilines is 1. The summed E-state index contributed by atoms with van der Waals surface area (Å²) in [4.78, 5) is 38.9. The van der Waals surface area contributed by atoms with E-state index in [2.05, 4.69) is 15.5 Å². The van der Waals surface area contributed by atoms with Crippen molar-refractivity contribution in [2.75, 3.05) is 18.1 Å². The van der Waals surface area contributed by atoms with E-state index in [0.29, 0.717) is 11.7 Å². The quantitative estimate of drug-likeness (QED) is 0.354. The van der Waals surface area contributed by atoms with E-state index >= 15 is 0 Å². The molecule has 2 N–H and O–H groups in total. The maximum Gasteiger partial charge on any atom is 0.332 e. The second-order valence-electron chi connectivity index (χ2n) is 7.65. The molecule has 1 unspecified atom stereocenters. The summed E-state index contributed by atoms with van der Waals surface area (Å²) in [6, 6.07) is 9.24. The highest BCUT2D eigenvalue weighted by Gasteiger charge is 2.24. The van der Waals surface area contributed by atoms with Crippen LogP contribution in [0, 0.1) is 0 Å². The molecule has 0 amide bonds. The first kappa shape index (κ1) is 22.9. The van der Waals surface area contributed by atoms with Crippen molar-refractivity contribution in [3.63, 3.8) is 0 Å². The number of carbonyl (C=O) groups is 1. The second-order valence-corrected chi connectivity index (χ2v) is 8.60. The fraction of sp³-hybridized carbons (Fsp3) is 0.429. The Labute approximate surface area is 193 Å². The molecule has 0 radical (unpaired) electrons. The first-order chi connectivity index (χ1) is 16.0. The summed E-state index contributed by atoms with van der Waals surface area (Å²) in [7, 11) is 0. The summed E-state index contributed by atoms with van der Waals surface area (Å²) < 4.78 is 9.51. The van der Waals surface area contributed by atoms with Crippen molar-refractivity contribution in [1.29, 1.82) is 0 Å². The van der Waals surface area contributed by atoms with E-state index in [1.807, 2.05) is 30.3 Å². The molecule has 4 rings (SSSR count). The van der Waals surface area contributed by atoms with Gasteiger partial charge in [-0.1, -0.05) is 42.1 Å². The topological polar surface area (TPSA) is 140 Å². The molecule has 174 valence electrons. The maximum atomic E-state index is 13.1. The molecular formula is C21H25N7O4S. The third-order valence-corrected chi connectivity index (χ3v) is 6.44. The number of ether oxygens (including phenoxy) is 1. The molecule has 0 bridgehead atoms. The number of rotatable bonds is 9. The molecule has 33 heavy (non-hydrogen) atoms. The number of ketones is 1. The van der Waals surface area contributed by atoms with Gasteiger partial charge in [-0.3, -0.25) is 18.7 Å². The molecule has 12 heteroatoms. The molecular weight excluding hydrogens is 446 g/mol. The average molecular weight is 472 g/mol. The van der Waals surface area contributed by atoms with E-state index in [0.717, 1.165) is 41.3 Å². The monoisotopic (exact) mass is 471 g/mol. The van der Waals surface area contributed by atoms with Gasteiger partial charge in [-0.15, -0.1) is 5.10 Å². The predicted octanol–water partition coefficient (Wildman–Crippen LogP) is 0.801. The lowest BCUT2D eigenvalue weighted by Crippen LogP contribution is -2.44. The summed E-state index contributed by atoms with van der Waals surface area (Å²) >= 11 is 1.12. The zero-order chi connectivity index (χ0) is 23.4. The van der Waals surface area contributed by atoms with Gasteiger partial charge in [-0.2, -0.15) is 0 Å². The van der Waals surface area contributed by atoms with Crippen molar-refractivity contribution in [2.24, 2.45) is 0 Å². The van der Waals surface area contributed by atoms with Crippen molar-refractivity contribution in [3.05, 3.63) is 62.3 Å². The molecule has 1 saturated heterocycles. The highest BCUT2D eigenvalue weighted by atomic mass is 32.2. The number of hydrogen-bond acceptors (Lipinski definition) is 9. The first-order valence-electron chi connectivity index (χ1n) is 10.7. The summed E-state index contributed by atoms with van der Waals surface area (Å²) in [5.41, 5.74) is 5.60. The van der Waals surface area contributed by atoms with Gasteiger partial charge in [0, 0.05) is 13.2 Å². The Morgan fingerprint density at radius 2 is 2.03 bits per heavy atom. The zero-order valence-corrected chi connectivity index (χ0v) is 19.0. The van der Waals surface area contributed by atoms with Crippen molar-refractivity contribution in [2.45, 2.75) is 50.7 Å². The van der Waals surface area contributed by atoms with Crippen LogP contribution < -0.4 is 17.0 Å². The van der Waals surface area contributed by atoms with E-state index < -0.39 is 17.0 Å². The smallest absolute Gasteiger partial charge is 0.332 e. The van der Waals surface area contributed by atoms with Crippen LogP contribution in [-0.2, 0) is 24.4 Å². The Balaban J connectivity index is 1.59. The van der Waals surface area contributed by atoms with Crippen LogP contribution in [0.25, 0.3) is 0 Å². The Morgan fingerprint density at radius 1 is 1.24 bits per heavy atom. The number of nitrogens with zero attached hydrogens (tertiary/aromatic N) is 6. The highest BCUT2D eigenvalue weighted by molar-refractivity contribution is 7.99. The number of nitrogens with two attached hydrogens (primary N) is 1. The van der Waals surface area contributed by atoms with Crippen LogP contribution in [0.4, 0.5) is 5.82 Å². The van der Waals surface area contributed by atoms with Crippen molar-refractivity contribution in [1.82, 2.24) is 29.3 Å². The number of thioether (sulfide) groups is 1. The minimum atomic E-state index is -0.686. The molecule has 2 aromatic heterocycles. The van der Waals surface area contributed by atoms with Crippen LogP contribution >= 0.6 is 11.8 Å². The van der Waals surface area contributed by atoms with Gasteiger partial charge in [0.05, 0.1) is 24.9 Å². The molecule has 0 spiro atoms. The number of benzene rings is 1. The van der Waals surface area contributed by atoms with Crippen LogP contribution in [0.1, 0.15) is 35.7 Å². The summed E-state index contributed by atoms with van der Waals surface area (Å²) in [5, 5.41) is 12.1. The van der Waals surface area contributed by atoms with Crippen molar-refractivity contribution >= 4 is 23.4 Å². The number of Topliss-reactive ketones (excluding diaryl/α,β-unsaturated/α-hetero) is 1. The van der Waals surface area contributed by atoms with Gasteiger partial charge >= 0.3 is 5.69 Å². The molecule has 1 atom stereocenters. The largest absolute Gasteiger partial charge is 0.384 e. The van der Waals surface area contributed by atoms with Crippen molar-refractivity contribution in [3.8, 4) is 0 Å². The van der Waals surface area contributed by atoms with E-state index in [1.165, 1.54) is 4.57 Å². The van der Waals surface area contributed by atoms with Crippen LogP contribution in [-0.4, -0.2) is 53.6 Å². The number of tetrazole rings is 1. The maximum absolute atomic E-state index is 13.1. The minimum Gasteiger partial charge on any atom is -0.384 e. The fourth-order valence-corrected chi connectivity index (χ4v) is 4.53. The van der Waals surface area contributed by atoms with Crippen LogP contribution in [0.3, 0.4) is 0 Å². The lowest BCUT2D eigenvalue weighted by molar-refractivity contribution is 0.0912. The van der Waals surface area contributed by atoms with Crippen LogP contribution in [0.5, 0.6) is 0 Å². The number of aromatic nitrogens is 6. The minimum absolute atomic E-state index is 0.0393. The highest BCUT2D eigenvalue weighted by Crippen LogP contribution is 2.20. The average Bonchev–Trinajstić information content (AvgIpc) is 3.49. The fourth-order valence-electron chi connectivity index (χ4n) is 3.77. The van der Waals surface area contributed by atoms with Gasteiger partial charge in [-0.05, 0) is 35.8 Å². The van der Waals surface area contributed by atoms with E-state index in [9.17, 15) is 14.4 Å². The number of carbonyl (C=O) groups excluding carboxylic acids is 1. The molecule has 1 aromatic carbocycles. The molecule has 1 aliphatic heterocycles. The third kappa shape index (κ3) is 4.91. The standard InChI is InChI=1S/C21H25N7O4S/c1-2-26-19(30)17(18(22)27(21(26)31)11-14-7-4-3-5-8-14)16(29)13-33-20-23-24-25-28(20)12-15-9-6-10-32-15/h3-5,7-8,15H,2,6,9-13,22H2,1H3. The Kier molecular flexibility index (Phi) is 7.04.